The molecule has 0 N–H and O–H groups in total. The molecule has 94 valence electrons. The Morgan fingerprint density at radius 3 is 2.83 bits per heavy atom. The number of nitro groups is 1. The lowest BCUT2D eigenvalue weighted by Gasteiger charge is -2.09. The summed E-state index contributed by atoms with van der Waals surface area (Å²) in [5.41, 5.74) is -0.794. The van der Waals surface area contributed by atoms with Crippen molar-refractivity contribution in [2.75, 3.05) is 6.61 Å². The maximum absolute atomic E-state index is 13.1. The van der Waals surface area contributed by atoms with Crippen molar-refractivity contribution in [3.8, 4) is 6.07 Å². The zero-order valence-corrected chi connectivity index (χ0v) is 9.42. The van der Waals surface area contributed by atoms with E-state index in [0.717, 1.165) is 18.2 Å². The van der Waals surface area contributed by atoms with Crippen molar-refractivity contribution >= 4 is 11.7 Å². The van der Waals surface area contributed by atoms with Gasteiger partial charge in [-0.25, -0.2) is 4.39 Å². The van der Waals surface area contributed by atoms with Crippen LogP contribution in [0, 0.1) is 27.3 Å². The molecule has 0 aliphatic heterocycles. The van der Waals surface area contributed by atoms with Crippen molar-refractivity contribution in [3.05, 3.63) is 39.7 Å². The van der Waals surface area contributed by atoms with Crippen molar-refractivity contribution < 1.29 is 18.8 Å². The highest BCUT2D eigenvalue weighted by molar-refractivity contribution is 5.82. The van der Waals surface area contributed by atoms with E-state index in [1.807, 2.05) is 0 Å². The van der Waals surface area contributed by atoms with Gasteiger partial charge in [-0.1, -0.05) is 0 Å². The van der Waals surface area contributed by atoms with E-state index in [1.54, 1.807) is 6.07 Å². The first-order chi connectivity index (χ1) is 8.51. The number of hydrogen-bond donors (Lipinski definition) is 0. The molecule has 1 unspecified atom stereocenters. The van der Waals surface area contributed by atoms with Gasteiger partial charge in [-0.05, 0) is 19.1 Å². The molecular weight excluding hydrogens is 243 g/mol. The molecule has 0 bridgehead atoms. The zero-order valence-electron chi connectivity index (χ0n) is 9.42. The van der Waals surface area contributed by atoms with E-state index in [9.17, 15) is 19.3 Å². The van der Waals surface area contributed by atoms with Crippen LogP contribution in [-0.2, 0) is 9.53 Å². The Morgan fingerprint density at radius 1 is 1.67 bits per heavy atom. The number of esters is 1. The number of ether oxygens (including phenoxy) is 1. The smallest absolute Gasteiger partial charge is 0.328 e. The van der Waals surface area contributed by atoms with Crippen LogP contribution in [0.4, 0.5) is 10.1 Å². The van der Waals surface area contributed by atoms with Crippen molar-refractivity contribution in [1.82, 2.24) is 0 Å². The summed E-state index contributed by atoms with van der Waals surface area (Å²) in [6.07, 6.45) is 0. The molecule has 0 radical (unpaired) electrons. The maximum Gasteiger partial charge on any atom is 0.328 e. The van der Waals surface area contributed by atoms with Gasteiger partial charge in [0.05, 0.1) is 23.2 Å². The number of halogens is 1. The van der Waals surface area contributed by atoms with Crippen molar-refractivity contribution in [2.24, 2.45) is 0 Å². The minimum atomic E-state index is -1.51. The summed E-state index contributed by atoms with van der Waals surface area (Å²) < 4.78 is 17.7. The number of rotatable bonds is 4. The first-order valence-electron chi connectivity index (χ1n) is 5.01. The molecule has 0 spiro atoms. The molecule has 0 fully saturated rings. The van der Waals surface area contributed by atoms with Crippen LogP contribution in [-0.4, -0.2) is 17.5 Å². The van der Waals surface area contributed by atoms with Gasteiger partial charge >= 0.3 is 5.97 Å². The summed E-state index contributed by atoms with van der Waals surface area (Å²) >= 11 is 0. The van der Waals surface area contributed by atoms with Gasteiger partial charge in [0.2, 0.25) is 0 Å². The second kappa shape index (κ2) is 5.72. The standard InChI is InChI=1S/C11H9FN2O4/c1-2-18-11(15)9(6-13)8-5-7(12)3-4-10(8)14(16)17/h3-5,9H,2H2,1H3. The third kappa shape index (κ3) is 2.79. The van der Waals surface area contributed by atoms with E-state index in [0.29, 0.717) is 0 Å². The van der Waals surface area contributed by atoms with Gasteiger partial charge in [0.25, 0.3) is 5.69 Å². The number of nitro benzene ring substituents is 1. The lowest BCUT2D eigenvalue weighted by atomic mass is 9.99. The average Bonchev–Trinajstić information content (AvgIpc) is 2.30. The molecule has 1 aromatic carbocycles. The van der Waals surface area contributed by atoms with E-state index in [1.165, 1.54) is 6.92 Å². The van der Waals surface area contributed by atoms with Crippen LogP contribution in [0.25, 0.3) is 0 Å². The molecule has 0 amide bonds. The summed E-state index contributed by atoms with van der Waals surface area (Å²) in [6.45, 7) is 1.56. The third-order valence-corrected chi connectivity index (χ3v) is 2.15. The van der Waals surface area contributed by atoms with Gasteiger partial charge in [0.15, 0.2) is 5.92 Å². The van der Waals surface area contributed by atoms with Crippen molar-refractivity contribution in [3.63, 3.8) is 0 Å². The monoisotopic (exact) mass is 252 g/mol. The fourth-order valence-corrected chi connectivity index (χ4v) is 1.40. The predicted octanol–water partition coefficient (Wildman–Crippen LogP) is 1.90. The SMILES string of the molecule is CCOC(=O)C(C#N)c1cc(F)ccc1[N+](=O)[O-]. The van der Waals surface area contributed by atoms with E-state index in [4.69, 9.17) is 5.26 Å². The normalized spacial score (nSPS) is 11.4. The molecule has 0 aliphatic rings. The van der Waals surface area contributed by atoms with Crippen LogP contribution in [0.2, 0.25) is 0 Å². The van der Waals surface area contributed by atoms with Crippen LogP contribution in [0.15, 0.2) is 18.2 Å². The number of benzene rings is 1. The molecular formula is C11H9FN2O4. The topological polar surface area (TPSA) is 93.2 Å². The van der Waals surface area contributed by atoms with E-state index < -0.39 is 28.3 Å². The zero-order chi connectivity index (χ0) is 13.7. The van der Waals surface area contributed by atoms with Gasteiger partial charge in [0, 0.05) is 6.07 Å². The largest absolute Gasteiger partial charge is 0.465 e. The molecule has 0 saturated carbocycles. The highest BCUT2D eigenvalue weighted by Gasteiger charge is 2.29. The van der Waals surface area contributed by atoms with E-state index in [-0.39, 0.29) is 12.2 Å². The fraction of sp³-hybridized carbons (Fsp3) is 0.273. The summed E-state index contributed by atoms with van der Waals surface area (Å²) in [5, 5.41) is 19.6. The second-order valence-electron chi connectivity index (χ2n) is 3.27. The highest BCUT2D eigenvalue weighted by Crippen LogP contribution is 2.28. The Hall–Kier alpha value is -2.49. The highest BCUT2D eigenvalue weighted by atomic mass is 19.1. The summed E-state index contributed by atoms with van der Waals surface area (Å²) in [4.78, 5) is 21.4. The first-order valence-corrected chi connectivity index (χ1v) is 5.01. The Balaban J connectivity index is 3.28. The van der Waals surface area contributed by atoms with Gasteiger partial charge in [-0.3, -0.25) is 14.9 Å². The first kappa shape index (κ1) is 13.6. The Kier molecular flexibility index (Phi) is 4.32. The number of hydrogen-bond acceptors (Lipinski definition) is 5. The quantitative estimate of drug-likeness (QED) is 0.463. The predicted molar refractivity (Wildman–Crippen MR) is 58.0 cm³/mol. The van der Waals surface area contributed by atoms with Crippen LogP contribution in [0.1, 0.15) is 18.4 Å². The minimum absolute atomic E-state index is 0.0279. The third-order valence-electron chi connectivity index (χ3n) is 2.15. The van der Waals surface area contributed by atoms with E-state index >= 15 is 0 Å². The summed E-state index contributed by atoms with van der Waals surface area (Å²) in [7, 11) is 0. The Bertz CT molecular complexity index is 524. The summed E-state index contributed by atoms with van der Waals surface area (Å²) in [6, 6.07) is 4.18. The number of nitrogens with zero attached hydrogens (tertiary/aromatic N) is 2. The lowest BCUT2D eigenvalue weighted by molar-refractivity contribution is -0.385. The number of nitriles is 1. The average molecular weight is 252 g/mol. The maximum atomic E-state index is 13.1. The van der Waals surface area contributed by atoms with Gasteiger partial charge in [-0.15, -0.1) is 0 Å². The van der Waals surface area contributed by atoms with Crippen molar-refractivity contribution in [2.45, 2.75) is 12.8 Å². The van der Waals surface area contributed by atoms with Gasteiger partial charge in [0.1, 0.15) is 5.82 Å². The van der Waals surface area contributed by atoms with Gasteiger partial charge in [-0.2, -0.15) is 5.26 Å². The molecule has 0 aliphatic carbocycles. The lowest BCUT2D eigenvalue weighted by Crippen LogP contribution is -2.16. The second-order valence-corrected chi connectivity index (χ2v) is 3.27. The van der Waals surface area contributed by atoms with Crippen LogP contribution >= 0.6 is 0 Å². The fourth-order valence-electron chi connectivity index (χ4n) is 1.40. The molecule has 1 atom stereocenters. The minimum Gasteiger partial charge on any atom is -0.465 e. The molecule has 0 heterocycles. The van der Waals surface area contributed by atoms with Crippen LogP contribution in [0.3, 0.4) is 0 Å². The molecule has 1 rings (SSSR count). The molecule has 1 aromatic rings. The van der Waals surface area contributed by atoms with E-state index in [2.05, 4.69) is 4.74 Å². The number of carbonyl (C=O) groups is 1. The molecule has 6 nitrogen and oxygen atoms in total. The molecule has 0 aromatic heterocycles. The Morgan fingerprint density at radius 2 is 2.33 bits per heavy atom. The van der Waals surface area contributed by atoms with Gasteiger partial charge < -0.3 is 4.74 Å². The number of carbonyl (C=O) groups excluding carboxylic acids is 1. The molecule has 7 heteroatoms. The Labute approximate surface area is 102 Å². The van der Waals surface area contributed by atoms with Crippen molar-refractivity contribution in [1.29, 1.82) is 5.26 Å². The molecule has 18 heavy (non-hydrogen) atoms. The summed E-state index contributed by atoms with van der Waals surface area (Å²) in [5.74, 6) is -3.21. The van der Waals surface area contributed by atoms with Crippen LogP contribution < -0.4 is 0 Å². The molecule has 0 saturated heterocycles. The van der Waals surface area contributed by atoms with Crippen LogP contribution in [0.5, 0.6) is 0 Å².